The number of guanidine groups is 1. The smallest absolute Gasteiger partial charge is 0.191 e. The van der Waals surface area contributed by atoms with Crippen LogP contribution in [0.1, 0.15) is 30.2 Å². The molecule has 0 bridgehead atoms. The highest BCUT2D eigenvalue weighted by Crippen LogP contribution is 2.12. The van der Waals surface area contributed by atoms with Crippen LogP contribution < -0.4 is 10.6 Å². The lowest BCUT2D eigenvalue weighted by molar-refractivity contribution is 0.0347. The number of ether oxygens (including phenoxy) is 2. The third kappa shape index (κ3) is 5.55. The Labute approximate surface area is 136 Å². The molecule has 1 aromatic heterocycles. The zero-order valence-electron chi connectivity index (χ0n) is 13.6. The molecule has 0 radical (unpaired) electrons. The van der Waals surface area contributed by atoms with Gasteiger partial charge in [-0.25, -0.2) is 4.98 Å². The maximum Gasteiger partial charge on any atom is 0.191 e. The summed E-state index contributed by atoms with van der Waals surface area (Å²) in [5.74, 6) is 0.770. The van der Waals surface area contributed by atoms with Gasteiger partial charge in [-0.1, -0.05) is 6.92 Å². The maximum absolute atomic E-state index is 5.81. The quantitative estimate of drug-likeness (QED) is 0.588. The SMILES string of the molecule is CCc1cnc(CNC(=NC)NC(C)COC2CCOC2)s1. The first-order valence-corrected chi connectivity index (χ1v) is 8.63. The van der Waals surface area contributed by atoms with E-state index in [2.05, 4.69) is 34.5 Å². The average molecular weight is 326 g/mol. The van der Waals surface area contributed by atoms with Gasteiger partial charge in [0.2, 0.25) is 0 Å². The van der Waals surface area contributed by atoms with E-state index in [9.17, 15) is 0 Å². The Morgan fingerprint density at radius 1 is 1.64 bits per heavy atom. The van der Waals surface area contributed by atoms with Crippen LogP contribution in [0.3, 0.4) is 0 Å². The number of hydrogen-bond acceptors (Lipinski definition) is 5. The first kappa shape index (κ1) is 17.2. The van der Waals surface area contributed by atoms with Crippen LogP contribution in [0.15, 0.2) is 11.2 Å². The second-order valence-electron chi connectivity index (χ2n) is 5.36. The Bertz CT molecular complexity index is 472. The molecule has 0 saturated carbocycles. The van der Waals surface area contributed by atoms with Crippen LogP contribution in [0.25, 0.3) is 0 Å². The summed E-state index contributed by atoms with van der Waals surface area (Å²) in [5.41, 5.74) is 0. The van der Waals surface area contributed by atoms with E-state index in [4.69, 9.17) is 9.47 Å². The van der Waals surface area contributed by atoms with Crippen molar-refractivity contribution in [1.82, 2.24) is 15.6 Å². The molecule has 7 heteroatoms. The van der Waals surface area contributed by atoms with Crippen molar-refractivity contribution in [3.8, 4) is 0 Å². The lowest BCUT2D eigenvalue weighted by atomic mass is 10.3. The van der Waals surface area contributed by atoms with Crippen LogP contribution in [0.2, 0.25) is 0 Å². The summed E-state index contributed by atoms with van der Waals surface area (Å²) in [4.78, 5) is 9.94. The molecule has 2 rings (SSSR count). The number of nitrogens with zero attached hydrogens (tertiary/aromatic N) is 2. The molecule has 0 spiro atoms. The van der Waals surface area contributed by atoms with Gasteiger partial charge in [0.1, 0.15) is 5.01 Å². The zero-order valence-corrected chi connectivity index (χ0v) is 14.4. The van der Waals surface area contributed by atoms with Gasteiger partial charge in [0.15, 0.2) is 5.96 Å². The third-order valence-electron chi connectivity index (χ3n) is 3.43. The normalized spacial score (nSPS) is 20.1. The van der Waals surface area contributed by atoms with E-state index in [1.807, 2.05) is 6.20 Å². The summed E-state index contributed by atoms with van der Waals surface area (Å²) in [6, 6.07) is 0.189. The van der Waals surface area contributed by atoms with Gasteiger partial charge in [-0.15, -0.1) is 11.3 Å². The minimum atomic E-state index is 0.189. The summed E-state index contributed by atoms with van der Waals surface area (Å²) in [5, 5.41) is 7.70. The molecule has 1 aromatic rings. The van der Waals surface area contributed by atoms with Crippen molar-refractivity contribution >= 4 is 17.3 Å². The van der Waals surface area contributed by atoms with Crippen molar-refractivity contribution < 1.29 is 9.47 Å². The Balaban J connectivity index is 1.69. The van der Waals surface area contributed by atoms with Crippen molar-refractivity contribution in [2.45, 2.75) is 45.4 Å². The fourth-order valence-corrected chi connectivity index (χ4v) is 2.95. The van der Waals surface area contributed by atoms with Crippen LogP contribution in [0, 0.1) is 0 Å². The van der Waals surface area contributed by atoms with Crippen LogP contribution in [-0.2, 0) is 22.4 Å². The number of hydrogen-bond donors (Lipinski definition) is 2. The lowest BCUT2D eigenvalue weighted by Gasteiger charge is -2.19. The Morgan fingerprint density at radius 3 is 3.14 bits per heavy atom. The standard InChI is InChI=1S/C15H26N4O2S/c1-4-13-7-17-14(22-13)8-18-15(16-3)19-11(2)9-21-12-5-6-20-10-12/h7,11-12H,4-6,8-10H2,1-3H3,(H2,16,18,19). The molecular weight excluding hydrogens is 300 g/mol. The summed E-state index contributed by atoms with van der Waals surface area (Å²) in [6.45, 7) is 7.08. The van der Waals surface area contributed by atoms with Crippen molar-refractivity contribution in [3.05, 3.63) is 16.1 Å². The van der Waals surface area contributed by atoms with Crippen molar-refractivity contribution in [2.24, 2.45) is 4.99 Å². The molecule has 2 N–H and O–H groups in total. The van der Waals surface area contributed by atoms with E-state index < -0.39 is 0 Å². The van der Waals surface area contributed by atoms with Gasteiger partial charge in [-0.2, -0.15) is 0 Å². The molecule has 124 valence electrons. The number of nitrogens with one attached hydrogen (secondary N) is 2. The minimum Gasteiger partial charge on any atom is -0.379 e. The van der Waals surface area contributed by atoms with Crippen LogP contribution >= 0.6 is 11.3 Å². The maximum atomic E-state index is 5.81. The minimum absolute atomic E-state index is 0.189. The monoisotopic (exact) mass is 326 g/mol. The highest BCUT2D eigenvalue weighted by molar-refractivity contribution is 7.11. The number of aromatic nitrogens is 1. The largest absolute Gasteiger partial charge is 0.379 e. The molecule has 22 heavy (non-hydrogen) atoms. The van der Waals surface area contributed by atoms with E-state index in [0.717, 1.165) is 30.4 Å². The second-order valence-corrected chi connectivity index (χ2v) is 6.56. The Morgan fingerprint density at radius 2 is 2.50 bits per heavy atom. The number of rotatable bonds is 7. The van der Waals surface area contributed by atoms with Crippen molar-refractivity contribution in [2.75, 3.05) is 26.9 Å². The van der Waals surface area contributed by atoms with Crippen LogP contribution in [0.5, 0.6) is 0 Å². The predicted octanol–water partition coefficient (Wildman–Crippen LogP) is 1.56. The molecule has 6 nitrogen and oxygen atoms in total. The molecule has 1 saturated heterocycles. The van der Waals surface area contributed by atoms with Crippen LogP contribution in [0.4, 0.5) is 0 Å². The predicted molar refractivity (Wildman–Crippen MR) is 89.5 cm³/mol. The van der Waals surface area contributed by atoms with Gasteiger partial charge in [0.25, 0.3) is 0 Å². The van der Waals surface area contributed by atoms with Gasteiger partial charge in [0.05, 0.1) is 25.9 Å². The van der Waals surface area contributed by atoms with Crippen molar-refractivity contribution in [3.63, 3.8) is 0 Å². The first-order chi connectivity index (χ1) is 10.7. The van der Waals surface area contributed by atoms with E-state index in [0.29, 0.717) is 19.8 Å². The number of thiazole rings is 1. The molecule has 1 fully saturated rings. The van der Waals surface area contributed by atoms with E-state index >= 15 is 0 Å². The van der Waals surface area contributed by atoms with Gasteiger partial charge in [-0.3, -0.25) is 4.99 Å². The molecule has 1 aliphatic heterocycles. The molecule has 0 aromatic carbocycles. The molecule has 0 amide bonds. The van der Waals surface area contributed by atoms with Crippen LogP contribution in [-0.4, -0.2) is 50.0 Å². The molecule has 2 atom stereocenters. The highest BCUT2D eigenvalue weighted by Gasteiger charge is 2.17. The topological polar surface area (TPSA) is 67.8 Å². The zero-order chi connectivity index (χ0) is 15.8. The summed E-state index contributed by atoms with van der Waals surface area (Å²) in [7, 11) is 1.77. The molecular formula is C15H26N4O2S. The van der Waals surface area contributed by atoms with Gasteiger partial charge < -0.3 is 20.1 Å². The third-order valence-corrected chi connectivity index (χ3v) is 4.58. The fraction of sp³-hybridized carbons (Fsp3) is 0.733. The highest BCUT2D eigenvalue weighted by atomic mass is 32.1. The molecule has 1 aliphatic rings. The molecule has 0 aliphatic carbocycles. The molecule has 2 unspecified atom stereocenters. The van der Waals surface area contributed by atoms with Gasteiger partial charge in [-0.05, 0) is 19.8 Å². The molecule has 2 heterocycles. The van der Waals surface area contributed by atoms with Crippen molar-refractivity contribution in [1.29, 1.82) is 0 Å². The lowest BCUT2D eigenvalue weighted by Crippen LogP contribution is -2.44. The summed E-state index contributed by atoms with van der Waals surface area (Å²) in [6.07, 6.45) is 4.20. The summed E-state index contributed by atoms with van der Waals surface area (Å²) < 4.78 is 11.1. The number of aryl methyl sites for hydroxylation is 1. The second kappa shape index (κ2) is 9.07. The van der Waals surface area contributed by atoms with E-state index in [1.165, 1.54) is 4.88 Å². The Hall–Kier alpha value is -1.18. The summed E-state index contributed by atoms with van der Waals surface area (Å²) >= 11 is 1.74. The van der Waals surface area contributed by atoms with Gasteiger partial charge in [0, 0.05) is 30.8 Å². The Kier molecular flexibility index (Phi) is 7.08. The first-order valence-electron chi connectivity index (χ1n) is 7.81. The van der Waals surface area contributed by atoms with E-state index in [-0.39, 0.29) is 12.1 Å². The number of aliphatic imine (C=N–C) groups is 1. The van der Waals surface area contributed by atoms with E-state index in [1.54, 1.807) is 18.4 Å². The average Bonchev–Trinajstić information content (AvgIpc) is 3.20. The van der Waals surface area contributed by atoms with Gasteiger partial charge >= 0.3 is 0 Å². The fourth-order valence-electron chi connectivity index (χ4n) is 2.15.